The zero-order chi connectivity index (χ0) is 19.3. The summed E-state index contributed by atoms with van der Waals surface area (Å²) in [5.41, 5.74) is 0. The van der Waals surface area contributed by atoms with Crippen LogP contribution in [0.5, 0.6) is 0 Å². The number of nitrogens with one attached hydrogen (secondary N) is 1. The first-order chi connectivity index (χ1) is 13.0. The van der Waals surface area contributed by atoms with Gasteiger partial charge in [-0.1, -0.05) is 64.6 Å². The molecule has 1 atom stereocenters. The van der Waals surface area contributed by atoms with Gasteiger partial charge in [-0.2, -0.15) is 4.31 Å². The van der Waals surface area contributed by atoms with E-state index >= 15 is 0 Å². The third-order valence-electron chi connectivity index (χ3n) is 5.50. The number of sulfonamides is 1. The molecule has 2 aliphatic rings. The fourth-order valence-corrected chi connectivity index (χ4v) is 5.98. The van der Waals surface area contributed by atoms with Crippen molar-refractivity contribution in [3.63, 3.8) is 0 Å². The minimum Gasteiger partial charge on any atom is -0.354 e. The minimum absolute atomic E-state index is 0. The summed E-state index contributed by atoms with van der Waals surface area (Å²) in [6.07, 6.45) is 9.06. The third kappa shape index (κ3) is 6.69. The Hall–Kier alpha value is -1.11. The number of hydrogen-bond donors (Lipinski definition) is 1. The maximum Gasteiger partial charge on any atom is 0.243 e. The molecule has 1 aliphatic heterocycles. The summed E-state index contributed by atoms with van der Waals surface area (Å²) in [6, 6.07) is 6.16. The molecule has 1 N–H and O–H groups in total. The molecule has 0 spiro atoms. The normalized spacial score (nSPS) is 21.3. The van der Waals surface area contributed by atoms with E-state index in [2.05, 4.69) is 5.32 Å². The Kier molecular flexibility index (Phi) is 10.7. The average molecular weight is 440 g/mol. The van der Waals surface area contributed by atoms with Crippen molar-refractivity contribution >= 4 is 27.5 Å². The molecule has 0 aromatic heterocycles. The summed E-state index contributed by atoms with van der Waals surface area (Å²) in [5.74, 6) is 0.973. The Morgan fingerprint density at radius 3 is 2.38 bits per heavy atom. The first kappa shape index (κ1) is 25.9. The summed E-state index contributed by atoms with van der Waals surface area (Å²) in [5, 5.41) is 3.40. The second kappa shape index (κ2) is 11.9. The highest BCUT2D eigenvalue weighted by Gasteiger charge is 2.35. The monoisotopic (exact) mass is 439 g/mol. The lowest BCUT2D eigenvalue weighted by Crippen LogP contribution is -2.44. The number of benzene rings is 1. The molecule has 1 aliphatic carbocycles. The number of halogens is 1. The van der Waals surface area contributed by atoms with Gasteiger partial charge >= 0.3 is 0 Å². The number of carbonyl (C=O) groups excluding carboxylic acids is 1. The van der Waals surface area contributed by atoms with Gasteiger partial charge in [0.25, 0.3) is 0 Å². The quantitative estimate of drug-likeness (QED) is 0.729. The molecule has 1 heterocycles. The van der Waals surface area contributed by atoms with E-state index in [1.165, 1.54) is 29.6 Å². The maximum absolute atomic E-state index is 13.0. The van der Waals surface area contributed by atoms with Crippen LogP contribution >= 0.6 is 11.6 Å². The molecular formula is C22H32ClN2O3S. The van der Waals surface area contributed by atoms with Crippen molar-refractivity contribution in [1.29, 1.82) is 0 Å². The minimum atomic E-state index is -3.60. The van der Waals surface area contributed by atoms with E-state index < -0.39 is 10.0 Å². The van der Waals surface area contributed by atoms with Crippen molar-refractivity contribution in [2.24, 2.45) is 0 Å². The molecule has 5 radical (unpaired) electrons. The molecule has 5 nitrogen and oxygen atoms in total. The Morgan fingerprint density at radius 1 is 1.07 bits per heavy atom. The summed E-state index contributed by atoms with van der Waals surface area (Å²) in [7, 11) is -3.60. The second-order valence-electron chi connectivity index (χ2n) is 7.45. The van der Waals surface area contributed by atoms with E-state index in [-0.39, 0.29) is 31.7 Å². The molecular weight excluding hydrogens is 408 g/mol. The fourth-order valence-electron chi connectivity index (χ4n) is 3.99. The van der Waals surface area contributed by atoms with Crippen molar-refractivity contribution in [2.75, 3.05) is 13.1 Å². The zero-order valence-corrected chi connectivity index (χ0v) is 18.6. The molecule has 161 valence electrons. The second-order valence-corrected chi connectivity index (χ2v) is 9.78. The largest absolute Gasteiger partial charge is 0.354 e. The van der Waals surface area contributed by atoms with Gasteiger partial charge in [0.2, 0.25) is 15.9 Å². The maximum atomic E-state index is 13.0. The number of nitrogens with zero attached hydrogens (tertiary/aromatic N) is 1. The van der Waals surface area contributed by atoms with E-state index in [9.17, 15) is 13.2 Å². The highest BCUT2D eigenvalue weighted by Crippen LogP contribution is 2.28. The van der Waals surface area contributed by atoms with Gasteiger partial charge in [0.1, 0.15) is 0 Å². The van der Waals surface area contributed by atoms with Gasteiger partial charge in [-0.05, 0) is 43.9 Å². The number of carbonyl (C=O) groups is 1. The molecule has 1 saturated heterocycles. The summed E-state index contributed by atoms with van der Waals surface area (Å²) >= 11 is 5.96. The van der Waals surface area contributed by atoms with Crippen LogP contribution in [0.1, 0.15) is 57.8 Å². The van der Waals surface area contributed by atoms with Crippen molar-refractivity contribution in [1.82, 2.24) is 9.62 Å². The average Bonchev–Trinajstić information content (AvgIpc) is 3.09. The lowest BCUT2D eigenvalue weighted by molar-refractivity contribution is -0.120. The van der Waals surface area contributed by atoms with Gasteiger partial charge in [0.05, 0.1) is 10.8 Å². The van der Waals surface area contributed by atoms with Crippen LogP contribution < -0.4 is 5.32 Å². The van der Waals surface area contributed by atoms with Crippen LogP contribution in [0.2, 0.25) is 5.02 Å². The summed E-state index contributed by atoms with van der Waals surface area (Å²) < 4.78 is 27.5. The van der Waals surface area contributed by atoms with E-state index in [1.54, 1.807) is 18.2 Å². The van der Waals surface area contributed by atoms with Crippen molar-refractivity contribution in [3.05, 3.63) is 50.1 Å². The van der Waals surface area contributed by atoms with Crippen LogP contribution in [0.4, 0.5) is 0 Å². The molecule has 3 rings (SSSR count). The van der Waals surface area contributed by atoms with Gasteiger partial charge in [0, 0.05) is 24.2 Å². The lowest BCUT2D eigenvalue weighted by atomic mass is 9.90. The van der Waals surface area contributed by atoms with Crippen LogP contribution in [-0.4, -0.2) is 37.8 Å². The molecule has 1 amide bonds. The molecule has 2 fully saturated rings. The molecule has 29 heavy (non-hydrogen) atoms. The van der Waals surface area contributed by atoms with Crippen molar-refractivity contribution < 1.29 is 13.2 Å². The Bertz CT molecular complexity index is 746. The smallest absolute Gasteiger partial charge is 0.243 e. The molecule has 1 unspecified atom stereocenters. The zero-order valence-electron chi connectivity index (χ0n) is 17.0. The summed E-state index contributed by atoms with van der Waals surface area (Å²) in [6.45, 7) is 0.841. The van der Waals surface area contributed by atoms with Crippen LogP contribution in [0.25, 0.3) is 0 Å². The molecule has 1 aromatic rings. The van der Waals surface area contributed by atoms with Crippen LogP contribution in [-0.2, 0) is 14.8 Å². The van der Waals surface area contributed by atoms with E-state index in [0.29, 0.717) is 18.1 Å². The molecule has 0 bridgehead atoms. The Labute approximate surface area is 182 Å². The fraction of sp³-hybridized carbons (Fsp3) is 0.545. The SMILES string of the molecule is O=C(NCC1CCCN1S(=O)(=O)c1cccc(Cl)c1)[C]1CCCCCCC1.[CH2].[CH2]. The van der Waals surface area contributed by atoms with Crippen LogP contribution in [0.3, 0.4) is 0 Å². The molecule has 7 heteroatoms. The van der Waals surface area contributed by atoms with Gasteiger partial charge in [0.15, 0.2) is 0 Å². The summed E-state index contributed by atoms with van der Waals surface area (Å²) in [4.78, 5) is 12.8. The van der Waals surface area contributed by atoms with Gasteiger partial charge < -0.3 is 5.32 Å². The van der Waals surface area contributed by atoms with Gasteiger partial charge in [-0.25, -0.2) is 8.42 Å². The third-order valence-corrected chi connectivity index (χ3v) is 7.69. The first-order valence-corrected chi connectivity index (χ1v) is 11.7. The lowest BCUT2D eigenvalue weighted by Gasteiger charge is -2.25. The molecule has 1 aromatic carbocycles. The predicted octanol–water partition coefficient (Wildman–Crippen LogP) is 4.58. The van der Waals surface area contributed by atoms with E-state index in [0.717, 1.165) is 44.4 Å². The molecule has 1 saturated carbocycles. The van der Waals surface area contributed by atoms with Crippen molar-refractivity contribution in [2.45, 2.75) is 68.7 Å². The van der Waals surface area contributed by atoms with Crippen LogP contribution in [0, 0.1) is 20.8 Å². The van der Waals surface area contributed by atoms with Gasteiger partial charge in [-0.3, -0.25) is 4.79 Å². The number of amides is 1. The Morgan fingerprint density at radius 2 is 1.72 bits per heavy atom. The van der Waals surface area contributed by atoms with Crippen LogP contribution in [0.15, 0.2) is 29.2 Å². The number of rotatable bonds is 5. The predicted molar refractivity (Wildman–Crippen MR) is 118 cm³/mol. The topological polar surface area (TPSA) is 66.5 Å². The van der Waals surface area contributed by atoms with E-state index in [1.807, 2.05) is 0 Å². The van der Waals surface area contributed by atoms with Gasteiger partial charge in [-0.15, -0.1) is 0 Å². The Balaban J connectivity index is 0.00000210. The first-order valence-electron chi connectivity index (χ1n) is 9.89. The number of hydrogen-bond acceptors (Lipinski definition) is 3. The standard InChI is InChI=1S/C20H28ClN2O3S.2CH2/c21-17-10-6-12-19(14-17)27(25,26)23-13-7-11-18(23)15-22-20(24)16-8-4-2-1-3-5-9-16;;/h6,10,12,14,18H,1-5,7-9,11,13,15H2,(H,22,24);2*1H2. The highest BCUT2D eigenvalue weighted by atomic mass is 35.5. The van der Waals surface area contributed by atoms with Crippen molar-refractivity contribution in [3.8, 4) is 0 Å². The van der Waals surface area contributed by atoms with E-state index in [4.69, 9.17) is 11.6 Å². The highest BCUT2D eigenvalue weighted by molar-refractivity contribution is 7.89.